The second-order valence-corrected chi connectivity index (χ2v) is 6.35. The van der Waals surface area contributed by atoms with Gasteiger partial charge in [0.25, 0.3) is 0 Å². The third-order valence-electron chi connectivity index (χ3n) is 4.48. The lowest BCUT2D eigenvalue weighted by molar-refractivity contribution is 0.627. The molecule has 0 aliphatic rings. The lowest BCUT2D eigenvalue weighted by Gasteiger charge is -2.02. The number of pyridine rings is 1. The van der Waals surface area contributed by atoms with Gasteiger partial charge in [-0.2, -0.15) is 10.4 Å². The second kappa shape index (κ2) is 6.92. The SMILES string of the molecule is Cn1nc(NCc2ccc(F)cc2)cc1Cc1c[nH]c2ncc(C#N)cc12. The minimum Gasteiger partial charge on any atom is -0.365 e. The molecule has 0 radical (unpaired) electrons. The Balaban J connectivity index is 1.52. The zero-order chi connectivity index (χ0) is 18.8. The van der Waals surface area contributed by atoms with Gasteiger partial charge in [-0.3, -0.25) is 4.68 Å². The predicted molar refractivity (Wildman–Crippen MR) is 101 cm³/mol. The van der Waals surface area contributed by atoms with E-state index in [1.54, 1.807) is 18.3 Å². The molecule has 6 nitrogen and oxygen atoms in total. The summed E-state index contributed by atoms with van der Waals surface area (Å²) in [5, 5.41) is 17.8. The van der Waals surface area contributed by atoms with E-state index in [2.05, 4.69) is 26.5 Å². The van der Waals surface area contributed by atoms with E-state index in [4.69, 9.17) is 5.26 Å². The zero-order valence-electron chi connectivity index (χ0n) is 14.7. The van der Waals surface area contributed by atoms with Crippen LogP contribution in [0, 0.1) is 17.1 Å². The van der Waals surface area contributed by atoms with E-state index in [0.29, 0.717) is 18.5 Å². The van der Waals surface area contributed by atoms with Crippen LogP contribution in [0.5, 0.6) is 0 Å². The summed E-state index contributed by atoms with van der Waals surface area (Å²) in [5.74, 6) is 0.513. The Labute approximate surface area is 155 Å². The van der Waals surface area contributed by atoms with Crippen molar-refractivity contribution in [2.24, 2.45) is 7.05 Å². The van der Waals surface area contributed by atoms with Gasteiger partial charge in [0.05, 0.1) is 5.56 Å². The highest BCUT2D eigenvalue weighted by atomic mass is 19.1. The molecule has 0 fully saturated rings. The number of aromatic amines is 1. The van der Waals surface area contributed by atoms with Crippen LogP contribution in [0.3, 0.4) is 0 Å². The van der Waals surface area contributed by atoms with Gasteiger partial charge in [-0.15, -0.1) is 0 Å². The molecule has 0 aliphatic carbocycles. The Morgan fingerprint density at radius 2 is 2.07 bits per heavy atom. The summed E-state index contributed by atoms with van der Waals surface area (Å²) >= 11 is 0. The molecule has 4 aromatic rings. The molecule has 7 heteroatoms. The number of nitrogens with one attached hydrogen (secondary N) is 2. The predicted octanol–water partition coefficient (Wildman–Crippen LogP) is 3.51. The van der Waals surface area contributed by atoms with Gasteiger partial charge in [0, 0.05) is 49.6 Å². The maximum absolute atomic E-state index is 13.0. The van der Waals surface area contributed by atoms with Gasteiger partial charge in [0.2, 0.25) is 0 Å². The Morgan fingerprint density at radius 3 is 2.85 bits per heavy atom. The Hall–Kier alpha value is -3.66. The molecule has 0 aliphatic heterocycles. The number of fused-ring (bicyclic) bond motifs is 1. The van der Waals surface area contributed by atoms with Crippen molar-refractivity contribution in [2.45, 2.75) is 13.0 Å². The topological polar surface area (TPSA) is 82.3 Å². The number of anilines is 1. The fourth-order valence-corrected chi connectivity index (χ4v) is 3.01. The van der Waals surface area contributed by atoms with Crippen LogP contribution in [0.25, 0.3) is 11.0 Å². The highest BCUT2D eigenvalue weighted by Gasteiger charge is 2.11. The van der Waals surface area contributed by atoms with Crippen LogP contribution in [0.4, 0.5) is 10.2 Å². The summed E-state index contributed by atoms with van der Waals surface area (Å²) in [6, 6.07) is 12.3. The molecule has 134 valence electrons. The molecule has 0 saturated heterocycles. The molecule has 0 unspecified atom stereocenters. The van der Waals surface area contributed by atoms with E-state index >= 15 is 0 Å². The fourth-order valence-electron chi connectivity index (χ4n) is 3.01. The van der Waals surface area contributed by atoms with E-state index in [9.17, 15) is 4.39 Å². The third kappa shape index (κ3) is 3.51. The molecular weight excluding hydrogens is 343 g/mol. The molecule has 0 saturated carbocycles. The smallest absolute Gasteiger partial charge is 0.148 e. The number of benzene rings is 1. The molecule has 3 aromatic heterocycles. The largest absolute Gasteiger partial charge is 0.365 e. The normalized spacial score (nSPS) is 10.9. The quantitative estimate of drug-likeness (QED) is 0.571. The molecule has 4 rings (SSSR count). The van der Waals surface area contributed by atoms with Crippen LogP contribution in [-0.4, -0.2) is 19.7 Å². The van der Waals surface area contributed by atoms with Gasteiger partial charge >= 0.3 is 0 Å². The Morgan fingerprint density at radius 1 is 1.26 bits per heavy atom. The van der Waals surface area contributed by atoms with Gasteiger partial charge in [-0.1, -0.05) is 12.1 Å². The second-order valence-electron chi connectivity index (χ2n) is 6.35. The molecule has 1 aromatic carbocycles. The lowest BCUT2D eigenvalue weighted by atomic mass is 10.1. The van der Waals surface area contributed by atoms with E-state index in [1.165, 1.54) is 12.1 Å². The number of H-pyrrole nitrogens is 1. The maximum Gasteiger partial charge on any atom is 0.148 e. The summed E-state index contributed by atoms with van der Waals surface area (Å²) in [6.45, 7) is 0.569. The first kappa shape index (κ1) is 16.8. The summed E-state index contributed by atoms with van der Waals surface area (Å²) < 4.78 is 14.8. The average Bonchev–Trinajstić information content (AvgIpc) is 3.24. The summed E-state index contributed by atoms with van der Waals surface area (Å²) in [7, 11) is 1.90. The number of nitrogens with zero attached hydrogens (tertiary/aromatic N) is 4. The monoisotopic (exact) mass is 360 g/mol. The molecule has 27 heavy (non-hydrogen) atoms. The first-order chi connectivity index (χ1) is 13.1. The molecule has 2 N–H and O–H groups in total. The Kier molecular flexibility index (Phi) is 4.30. The minimum absolute atomic E-state index is 0.244. The van der Waals surface area contributed by atoms with Crippen LogP contribution < -0.4 is 5.32 Å². The summed E-state index contributed by atoms with van der Waals surface area (Å²) in [5.41, 5.74) is 4.37. The van der Waals surface area contributed by atoms with Crippen molar-refractivity contribution in [3.05, 3.63) is 77.0 Å². The van der Waals surface area contributed by atoms with Crippen molar-refractivity contribution >= 4 is 16.9 Å². The van der Waals surface area contributed by atoms with Gasteiger partial charge in [0.15, 0.2) is 0 Å². The van der Waals surface area contributed by atoms with Crippen molar-refractivity contribution in [2.75, 3.05) is 5.32 Å². The summed E-state index contributed by atoms with van der Waals surface area (Å²) in [4.78, 5) is 7.41. The van der Waals surface area contributed by atoms with Crippen LogP contribution in [0.15, 0.2) is 48.8 Å². The van der Waals surface area contributed by atoms with E-state index in [1.807, 2.05) is 30.1 Å². The number of hydrogen-bond acceptors (Lipinski definition) is 4. The van der Waals surface area contributed by atoms with Crippen molar-refractivity contribution < 1.29 is 4.39 Å². The van der Waals surface area contributed by atoms with Crippen molar-refractivity contribution in [3.8, 4) is 6.07 Å². The number of aromatic nitrogens is 4. The fraction of sp³-hybridized carbons (Fsp3) is 0.150. The number of hydrogen-bond donors (Lipinski definition) is 2. The highest BCUT2D eigenvalue weighted by Crippen LogP contribution is 2.22. The van der Waals surface area contributed by atoms with Crippen LogP contribution in [0.2, 0.25) is 0 Å². The number of aryl methyl sites for hydroxylation is 1. The summed E-state index contributed by atoms with van der Waals surface area (Å²) in [6.07, 6.45) is 4.14. The van der Waals surface area contributed by atoms with E-state index < -0.39 is 0 Å². The number of rotatable bonds is 5. The average molecular weight is 360 g/mol. The first-order valence-corrected chi connectivity index (χ1v) is 8.50. The number of halogens is 1. The maximum atomic E-state index is 13.0. The Bertz CT molecular complexity index is 1130. The number of nitriles is 1. The van der Waals surface area contributed by atoms with Gasteiger partial charge in [-0.05, 0) is 29.3 Å². The minimum atomic E-state index is -0.244. The molecule has 3 heterocycles. The molecule has 0 amide bonds. The zero-order valence-corrected chi connectivity index (χ0v) is 14.7. The van der Waals surface area contributed by atoms with Crippen LogP contribution >= 0.6 is 0 Å². The van der Waals surface area contributed by atoms with E-state index in [0.717, 1.165) is 33.7 Å². The van der Waals surface area contributed by atoms with Gasteiger partial charge in [-0.25, -0.2) is 9.37 Å². The molecule has 0 spiro atoms. The lowest BCUT2D eigenvalue weighted by Crippen LogP contribution is -2.01. The third-order valence-corrected chi connectivity index (χ3v) is 4.48. The molecular formula is C20H17FN6. The standard InChI is InChI=1S/C20H17FN6/c1-27-17(7-15-12-25-20-18(15)6-14(9-22)11-24-20)8-19(26-27)23-10-13-2-4-16(21)5-3-13/h2-6,8,11-12H,7,10H2,1H3,(H,23,26)(H,24,25). The van der Waals surface area contributed by atoms with Crippen molar-refractivity contribution in [1.29, 1.82) is 5.26 Å². The van der Waals surface area contributed by atoms with Crippen molar-refractivity contribution in [1.82, 2.24) is 19.7 Å². The van der Waals surface area contributed by atoms with E-state index in [-0.39, 0.29) is 5.82 Å². The van der Waals surface area contributed by atoms with Crippen LogP contribution in [-0.2, 0) is 20.0 Å². The van der Waals surface area contributed by atoms with Crippen LogP contribution in [0.1, 0.15) is 22.4 Å². The highest BCUT2D eigenvalue weighted by molar-refractivity contribution is 5.81. The molecule has 0 bridgehead atoms. The first-order valence-electron chi connectivity index (χ1n) is 8.50. The van der Waals surface area contributed by atoms with Gasteiger partial charge < -0.3 is 10.3 Å². The molecule has 0 atom stereocenters. The van der Waals surface area contributed by atoms with Gasteiger partial charge in [0.1, 0.15) is 23.4 Å². The van der Waals surface area contributed by atoms with Crippen molar-refractivity contribution in [3.63, 3.8) is 0 Å².